The Morgan fingerprint density at radius 2 is 1.97 bits per heavy atom. The second-order valence-electron chi connectivity index (χ2n) is 9.39. The first-order chi connectivity index (χ1) is 13.5. The van der Waals surface area contributed by atoms with Gasteiger partial charge in [-0.1, -0.05) is 6.92 Å². The van der Waals surface area contributed by atoms with Gasteiger partial charge in [-0.15, -0.1) is 0 Å². The van der Waals surface area contributed by atoms with E-state index in [2.05, 4.69) is 0 Å². The molecule has 0 amide bonds. The van der Waals surface area contributed by atoms with Crippen LogP contribution in [0.5, 0.6) is 0 Å². The van der Waals surface area contributed by atoms with Gasteiger partial charge in [0.05, 0.1) is 16.4 Å². The van der Waals surface area contributed by atoms with Crippen LogP contribution in [0.25, 0.3) is 0 Å². The molecule has 8 heteroatoms. The molecular weight excluding hydrogens is 378 g/mol. The van der Waals surface area contributed by atoms with Gasteiger partial charge in [-0.25, -0.2) is 0 Å². The predicted molar refractivity (Wildman–Crippen MR) is 100.0 cm³/mol. The molecule has 2 N–H and O–H groups in total. The summed E-state index contributed by atoms with van der Waals surface area (Å²) in [5.74, 6) is -2.41. The molecule has 29 heavy (non-hydrogen) atoms. The maximum absolute atomic E-state index is 13.4. The lowest BCUT2D eigenvalue weighted by Gasteiger charge is -2.56. The molecule has 3 saturated carbocycles. The number of Topliss-reactive ketones (excluding diaryl/α,β-unsaturated/α-hetero) is 2. The van der Waals surface area contributed by atoms with Crippen LogP contribution in [0.3, 0.4) is 0 Å². The first-order valence-corrected chi connectivity index (χ1v) is 10.0. The number of nitro groups is 1. The molecule has 0 saturated heterocycles. The number of ketones is 3. The van der Waals surface area contributed by atoms with Crippen molar-refractivity contribution in [3.63, 3.8) is 0 Å². The number of rotatable bonds is 3. The molecule has 0 spiro atoms. The van der Waals surface area contributed by atoms with E-state index in [4.69, 9.17) is 0 Å². The van der Waals surface area contributed by atoms with Gasteiger partial charge >= 0.3 is 0 Å². The number of nitrogens with zero attached hydrogens (tertiary/aromatic N) is 1. The van der Waals surface area contributed by atoms with E-state index >= 15 is 0 Å². The predicted octanol–water partition coefficient (Wildman–Crippen LogP) is 1.37. The molecule has 0 aromatic rings. The summed E-state index contributed by atoms with van der Waals surface area (Å²) in [7, 11) is 0. The zero-order valence-corrected chi connectivity index (χ0v) is 16.5. The topological polar surface area (TPSA) is 135 Å². The Labute approximate surface area is 167 Å². The summed E-state index contributed by atoms with van der Waals surface area (Å²) in [6.45, 7) is 2.62. The third-order valence-electron chi connectivity index (χ3n) is 8.38. The van der Waals surface area contributed by atoms with E-state index in [0.29, 0.717) is 24.8 Å². The second kappa shape index (κ2) is 6.15. The number of hydrogen-bond donors (Lipinski definition) is 2. The van der Waals surface area contributed by atoms with Gasteiger partial charge in [0.2, 0.25) is 0 Å². The van der Waals surface area contributed by atoms with E-state index in [0.717, 1.165) is 6.08 Å². The molecule has 0 bridgehead atoms. The molecule has 0 unspecified atom stereocenters. The molecule has 4 aliphatic rings. The summed E-state index contributed by atoms with van der Waals surface area (Å²) < 4.78 is 0. The Balaban J connectivity index is 1.82. The fourth-order valence-electron chi connectivity index (χ4n) is 6.96. The Hall–Kier alpha value is -2.19. The summed E-state index contributed by atoms with van der Waals surface area (Å²) >= 11 is 0. The van der Waals surface area contributed by atoms with Gasteiger partial charge in [0.1, 0.15) is 18.0 Å². The van der Waals surface area contributed by atoms with E-state index in [-0.39, 0.29) is 36.2 Å². The highest BCUT2D eigenvalue weighted by Gasteiger charge is 2.70. The SMILES string of the molecule is C[C@@]12C(=CC(=O)C=C1[N+](=O)[O-])CC[C@@H]1[C@@H]2C(=O)C[C@@]2(C)[C@H]1CC[C@]2(O)C(=O)CO. The van der Waals surface area contributed by atoms with Gasteiger partial charge in [-0.2, -0.15) is 0 Å². The largest absolute Gasteiger partial charge is 0.388 e. The fraction of sp³-hybridized carbons (Fsp3) is 0.667. The highest BCUT2D eigenvalue weighted by atomic mass is 16.6. The normalized spacial score (nSPS) is 43.7. The zero-order chi connectivity index (χ0) is 21.4. The van der Waals surface area contributed by atoms with Gasteiger partial charge in [0.25, 0.3) is 5.70 Å². The van der Waals surface area contributed by atoms with Crippen molar-refractivity contribution in [3.8, 4) is 0 Å². The molecule has 0 aromatic heterocycles. The molecule has 0 radical (unpaired) electrons. The number of carbonyl (C=O) groups excluding carboxylic acids is 3. The maximum atomic E-state index is 13.4. The summed E-state index contributed by atoms with van der Waals surface area (Å²) in [5, 5.41) is 32.3. The minimum absolute atomic E-state index is 0.0805. The highest BCUT2D eigenvalue weighted by Crippen LogP contribution is 2.67. The average Bonchev–Trinajstić information content (AvgIpc) is 2.92. The van der Waals surface area contributed by atoms with E-state index in [9.17, 15) is 34.7 Å². The van der Waals surface area contributed by atoms with Crippen LogP contribution in [-0.4, -0.2) is 44.7 Å². The highest BCUT2D eigenvalue weighted by molar-refractivity contribution is 6.02. The van der Waals surface area contributed by atoms with Gasteiger partial charge in [-0.3, -0.25) is 24.5 Å². The van der Waals surface area contributed by atoms with Crippen molar-refractivity contribution in [3.05, 3.63) is 33.5 Å². The Kier molecular flexibility index (Phi) is 4.26. The Morgan fingerprint density at radius 3 is 2.59 bits per heavy atom. The van der Waals surface area contributed by atoms with Gasteiger partial charge in [0, 0.05) is 17.8 Å². The first kappa shape index (κ1) is 20.1. The van der Waals surface area contributed by atoms with Crippen LogP contribution in [0.1, 0.15) is 46.0 Å². The Morgan fingerprint density at radius 1 is 1.28 bits per heavy atom. The van der Waals surface area contributed by atoms with Crippen LogP contribution in [0.4, 0.5) is 0 Å². The van der Waals surface area contributed by atoms with Crippen molar-refractivity contribution in [1.82, 2.24) is 0 Å². The van der Waals surface area contributed by atoms with Crippen molar-refractivity contribution in [1.29, 1.82) is 0 Å². The van der Waals surface area contributed by atoms with Gasteiger partial charge in [-0.05, 0) is 56.1 Å². The third kappa shape index (κ3) is 2.36. The lowest BCUT2D eigenvalue weighted by Crippen LogP contribution is -2.61. The zero-order valence-electron chi connectivity index (χ0n) is 16.5. The number of aliphatic hydroxyl groups excluding tert-OH is 1. The first-order valence-electron chi connectivity index (χ1n) is 10.0. The molecule has 4 rings (SSSR count). The quantitative estimate of drug-likeness (QED) is 0.537. The van der Waals surface area contributed by atoms with Crippen molar-refractivity contribution in [2.24, 2.45) is 28.6 Å². The number of hydrogen-bond acceptors (Lipinski definition) is 7. The molecule has 0 heterocycles. The smallest absolute Gasteiger partial charge is 0.260 e. The van der Waals surface area contributed by atoms with E-state index in [1.165, 1.54) is 6.08 Å². The standard InChI is InChI=1S/C21H25NO7/c1-19-9-15(25)18-13(14(19)5-6-21(19,27)17(26)10-23)4-3-11-7-12(24)8-16(22(28)29)20(11,18)2/h7-8,13-14,18,23,27H,3-6,9-10H2,1-2H3/t13-,14-,18+,19-,20+,21-/m0/s1. The molecule has 4 aliphatic carbocycles. The third-order valence-corrected chi connectivity index (χ3v) is 8.38. The van der Waals surface area contributed by atoms with Crippen molar-refractivity contribution in [2.45, 2.75) is 51.6 Å². The minimum Gasteiger partial charge on any atom is -0.388 e. The van der Waals surface area contributed by atoms with Crippen LogP contribution < -0.4 is 0 Å². The summed E-state index contributed by atoms with van der Waals surface area (Å²) in [6, 6.07) is 0. The van der Waals surface area contributed by atoms with Crippen molar-refractivity contribution < 1.29 is 29.5 Å². The average molecular weight is 403 g/mol. The van der Waals surface area contributed by atoms with Crippen molar-refractivity contribution >= 4 is 17.3 Å². The number of carbonyl (C=O) groups is 3. The monoisotopic (exact) mass is 403 g/mol. The Bertz CT molecular complexity index is 905. The summed E-state index contributed by atoms with van der Waals surface area (Å²) in [6.07, 6.45) is 4.07. The molecule has 8 nitrogen and oxygen atoms in total. The summed E-state index contributed by atoms with van der Waals surface area (Å²) in [4.78, 5) is 49.1. The van der Waals surface area contributed by atoms with E-state index in [1.807, 2.05) is 0 Å². The molecule has 3 fully saturated rings. The van der Waals surface area contributed by atoms with Crippen LogP contribution >= 0.6 is 0 Å². The van der Waals surface area contributed by atoms with E-state index in [1.54, 1.807) is 13.8 Å². The minimum atomic E-state index is -1.77. The van der Waals surface area contributed by atoms with E-state index < -0.39 is 45.4 Å². The number of allylic oxidation sites excluding steroid dienone is 3. The van der Waals surface area contributed by atoms with Crippen molar-refractivity contribution in [2.75, 3.05) is 6.61 Å². The summed E-state index contributed by atoms with van der Waals surface area (Å²) in [5.41, 5.74) is -3.57. The van der Waals surface area contributed by atoms with Gasteiger partial charge < -0.3 is 10.2 Å². The molecule has 0 aliphatic heterocycles. The number of aliphatic hydroxyl groups is 2. The molecular formula is C21H25NO7. The van der Waals surface area contributed by atoms with Crippen LogP contribution in [0.2, 0.25) is 0 Å². The van der Waals surface area contributed by atoms with Gasteiger partial charge in [0.15, 0.2) is 11.6 Å². The molecule has 0 aromatic carbocycles. The number of fused-ring (bicyclic) bond motifs is 5. The van der Waals surface area contributed by atoms with Crippen LogP contribution in [-0.2, 0) is 14.4 Å². The van der Waals surface area contributed by atoms with Crippen LogP contribution in [0, 0.1) is 38.7 Å². The lowest BCUT2D eigenvalue weighted by atomic mass is 9.46. The second-order valence-corrected chi connectivity index (χ2v) is 9.39. The lowest BCUT2D eigenvalue weighted by molar-refractivity contribution is -0.441. The fourth-order valence-corrected chi connectivity index (χ4v) is 6.96. The molecule has 6 atom stereocenters. The van der Waals surface area contributed by atoms with Crippen LogP contribution in [0.15, 0.2) is 23.4 Å². The maximum Gasteiger partial charge on any atom is 0.260 e. The molecule has 156 valence electrons.